The van der Waals surface area contributed by atoms with E-state index in [-0.39, 0.29) is 68.0 Å². The van der Waals surface area contributed by atoms with Gasteiger partial charge in [0.25, 0.3) is 0 Å². The molecule has 6 N–H and O–H groups in total. The Morgan fingerprint density at radius 1 is 0.831 bits per heavy atom. The van der Waals surface area contributed by atoms with Gasteiger partial charge in [0.15, 0.2) is 17.3 Å². The van der Waals surface area contributed by atoms with E-state index in [2.05, 4.69) is 23.2 Å². The molecule has 4 aromatic carbocycles. The van der Waals surface area contributed by atoms with Crippen LogP contribution in [-0.2, 0) is 48.1 Å². The summed E-state index contributed by atoms with van der Waals surface area (Å²) in [5, 5.41) is 62.4. The smallest absolute Gasteiger partial charge is 0.161 e. The Morgan fingerprint density at radius 2 is 1.66 bits per heavy atom. The third kappa shape index (κ3) is 10.7. The van der Waals surface area contributed by atoms with Gasteiger partial charge in [0.2, 0.25) is 0 Å². The summed E-state index contributed by atoms with van der Waals surface area (Å²) in [6.07, 6.45) is 15.2. The molecule has 11 heteroatoms. The number of rotatable bonds is 10. The number of aromatic hydroxyl groups is 2. The number of carbonyl (C=O) groups excluding carboxylic acids is 2. The zero-order valence-corrected chi connectivity index (χ0v) is 40.1. The molecule has 11 nitrogen and oxygen atoms in total. The molecule has 1 saturated carbocycles. The van der Waals surface area contributed by atoms with Crippen LogP contribution in [0.15, 0.2) is 115 Å². The van der Waals surface area contributed by atoms with Gasteiger partial charge in [-0.3, -0.25) is 9.59 Å². The van der Waals surface area contributed by atoms with Crippen molar-refractivity contribution in [2.75, 3.05) is 13.2 Å². The van der Waals surface area contributed by atoms with E-state index in [4.69, 9.17) is 15.0 Å². The van der Waals surface area contributed by atoms with Crippen LogP contribution in [0.25, 0.3) is 17.5 Å². The quantitative estimate of drug-likeness (QED) is 0.0727. The molecule has 4 aliphatic rings. The number of H-pyrrole nitrogens is 1. The Morgan fingerprint density at radius 3 is 2.49 bits per heavy atom. The minimum atomic E-state index is -1.39. The highest BCUT2D eigenvalue weighted by Crippen LogP contribution is 2.48. The number of phenols is 2. The number of aromatic amines is 1. The number of hydrogen-bond acceptors (Lipinski definition) is 8. The summed E-state index contributed by atoms with van der Waals surface area (Å²) in [4.78, 5) is 38.3. The molecule has 0 saturated heterocycles. The lowest BCUT2D eigenvalue weighted by Gasteiger charge is -2.40. The summed E-state index contributed by atoms with van der Waals surface area (Å²) in [5.74, 6) is -2.07. The van der Waals surface area contributed by atoms with Gasteiger partial charge in [-0.2, -0.15) is 6.20 Å². The average molecular weight is 954 g/mol. The van der Waals surface area contributed by atoms with Crippen LogP contribution in [0.3, 0.4) is 0 Å². The number of phenolic OH excluding ortho intramolecular Hbond substituents is 2. The molecule has 0 radical (unpaired) electrons. The van der Waals surface area contributed by atoms with Gasteiger partial charge in [0, 0.05) is 36.5 Å². The van der Waals surface area contributed by atoms with Crippen LogP contribution < -0.4 is 9.72 Å². The largest absolute Gasteiger partial charge is 0.664 e. The number of aryl methyl sites for hydroxylation is 2. The topological polar surface area (TPSA) is 189 Å². The number of Topliss-reactive ketones (excluding diaryl/α,β-unsaturated/α-hetero) is 2. The summed E-state index contributed by atoms with van der Waals surface area (Å²) < 4.78 is 6.50. The fraction of sp³-hybridized carbons (Fsp3) is 0.367. The van der Waals surface area contributed by atoms with Crippen LogP contribution in [0.5, 0.6) is 17.2 Å². The van der Waals surface area contributed by atoms with Crippen molar-refractivity contribution in [1.29, 1.82) is 0 Å². The maximum atomic E-state index is 15.6. The van der Waals surface area contributed by atoms with E-state index in [0.29, 0.717) is 72.5 Å². The summed E-state index contributed by atoms with van der Waals surface area (Å²) in [5.41, 5.74) is 8.68. The first kappa shape index (κ1) is 48.0. The second-order valence-electron chi connectivity index (χ2n) is 20.3. The Kier molecular flexibility index (Phi) is 14.2. The molecule has 6 aromatic rings. The number of aliphatic hydroxyl groups excluding tert-OH is 2. The molecule has 3 heterocycles. The van der Waals surface area contributed by atoms with Gasteiger partial charge in [-0.25, -0.2) is 0 Å². The number of carbonyl (C=O) groups is 2. The van der Waals surface area contributed by atoms with Crippen LogP contribution in [0.2, 0.25) is 0 Å². The Labute approximate surface area is 415 Å². The molecule has 71 heavy (non-hydrogen) atoms. The number of hydrogen-bond donors (Lipinski definition) is 6. The molecule has 10 rings (SSSR count). The number of ether oxygens (including phenoxy) is 1. The van der Waals surface area contributed by atoms with Crippen LogP contribution in [0, 0.1) is 11.8 Å². The standard InChI is InChI=1S/C60H63N3O8/c64-26-21-50-54(67)16-14-39-29-44(57(68)55(31-39)71-47-10-4-5-11-47)28-38-13-15-41(33-46(65)30-37-7-2-1-3-8-37)43(27-38)32-42-19-24-62-59(42)63-36-45-34-52-49(20-25-61-52)51(56(45)58(50)69)35-60(70)22-17-40-9-6-12-53(66)48(40)18-23-60/h1-3,6-9,12-13,15,18-20,23-25,27,29,31,34,46-47,50-51,56,62,64-66,68,70H,4-5,10-11,14,16-17,21-22,26,28,30,32-33,35-36H2/q-2. The van der Waals surface area contributed by atoms with Crippen LogP contribution in [0.4, 0.5) is 5.82 Å². The second-order valence-corrected chi connectivity index (χ2v) is 20.3. The van der Waals surface area contributed by atoms with E-state index >= 15 is 4.79 Å². The molecule has 2 aromatic heterocycles. The van der Waals surface area contributed by atoms with Gasteiger partial charge >= 0.3 is 0 Å². The molecule has 368 valence electrons. The monoisotopic (exact) mass is 953 g/mol. The number of benzene rings is 4. The van der Waals surface area contributed by atoms with E-state index in [9.17, 15) is 30.3 Å². The highest BCUT2D eigenvalue weighted by atomic mass is 16.5. The van der Waals surface area contributed by atoms with E-state index < -0.39 is 29.5 Å². The molecule has 1 aliphatic heterocycles. The van der Waals surface area contributed by atoms with Crippen LogP contribution >= 0.6 is 0 Å². The van der Waals surface area contributed by atoms with Crippen molar-refractivity contribution in [1.82, 2.24) is 9.97 Å². The first-order valence-corrected chi connectivity index (χ1v) is 25.4. The van der Waals surface area contributed by atoms with Crippen molar-refractivity contribution in [3.05, 3.63) is 182 Å². The predicted octanol–water partition coefficient (Wildman–Crippen LogP) is 9.70. The summed E-state index contributed by atoms with van der Waals surface area (Å²) in [6.45, 7) is -0.281. The first-order valence-electron chi connectivity index (χ1n) is 25.4. The molecule has 5 unspecified atom stereocenters. The maximum Gasteiger partial charge on any atom is 0.161 e. The van der Waals surface area contributed by atoms with Gasteiger partial charge < -0.3 is 45.6 Å². The fourth-order valence-electron chi connectivity index (χ4n) is 11.7. The molecule has 0 spiro atoms. The zero-order valence-electron chi connectivity index (χ0n) is 40.1. The average Bonchev–Trinajstić information content (AvgIpc) is 4.14. The second kappa shape index (κ2) is 21.0. The van der Waals surface area contributed by atoms with Gasteiger partial charge in [-0.05, 0) is 141 Å². The van der Waals surface area contributed by atoms with Crippen LogP contribution in [-0.4, -0.2) is 73.0 Å². The minimum Gasteiger partial charge on any atom is -0.664 e. The normalized spacial score (nSPS) is 22.1. The number of nitrogens with one attached hydrogen (secondary N) is 1. The van der Waals surface area contributed by atoms with Crippen molar-refractivity contribution < 1.29 is 39.9 Å². The Hall–Kier alpha value is -6.66. The molecule has 4 bridgehead atoms. The number of nitrogens with zero attached hydrogens (tertiary/aromatic N) is 2. The number of fused-ring (bicyclic) bond motifs is 8. The van der Waals surface area contributed by atoms with Crippen molar-refractivity contribution in [3.8, 4) is 17.2 Å². The maximum absolute atomic E-state index is 15.6. The van der Waals surface area contributed by atoms with Crippen LogP contribution in [0.1, 0.15) is 119 Å². The van der Waals surface area contributed by atoms with Crippen molar-refractivity contribution >= 4 is 29.5 Å². The predicted molar refractivity (Wildman–Crippen MR) is 274 cm³/mol. The van der Waals surface area contributed by atoms with Crippen molar-refractivity contribution in [2.24, 2.45) is 11.8 Å². The number of aromatic nitrogens is 2. The molecule has 5 atom stereocenters. The number of ketones is 2. The van der Waals surface area contributed by atoms with E-state index in [1.807, 2.05) is 72.9 Å². The lowest BCUT2D eigenvalue weighted by Crippen LogP contribution is -2.40. The summed E-state index contributed by atoms with van der Waals surface area (Å²) >= 11 is 0. The lowest BCUT2D eigenvalue weighted by molar-refractivity contribution is -0.135. The van der Waals surface area contributed by atoms with Gasteiger partial charge in [-0.1, -0.05) is 120 Å². The fourth-order valence-corrected chi connectivity index (χ4v) is 11.7. The minimum absolute atomic E-state index is 0.0118. The summed E-state index contributed by atoms with van der Waals surface area (Å²) in [7, 11) is 0. The number of aliphatic hydroxyl groups is 3. The molecule has 0 amide bonds. The summed E-state index contributed by atoms with van der Waals surface area (Å²) in [6, 6.07) is 29.3. The van der Waals surface area contributed by atoms with E-state index in [1.165, 1.54) is 0 Å². The van der Waals surface area contributed by atoms with Crippen molar-refractivity contribution in [3.63, 3.8) is 0 Å². The third-order valence-corrected chi connectivity index (χ3v) is 15.4. The molecular formula is C60H63N3O8-2. The zero-order chi connectivity index (χ0) is 49.1. The Balaban J connectivity index is 1.05. The highest BCUT2D eigenvalue weighted by Gasteiger charge is 2.43. The van der Waals surface area contributed by atoms with E-state index in [0.717, 1.165) is 70.2 Å². The molecule has 1 fully saturated rings. The third-order valence-electron chi connectivity index (χ3n) is 15.4. The molecule has 3 aliphatic carbocycles. The molecular weight excluding hydrogens is 891 g/mol. The van der Waals surface area contributed by atoms with Crippen molar-refractivity contribution in [2.45, 2.75) is 114 Å². The van der Waals surface area contributed by atoms with Gasteiger partial charge in [0.05, 0.1) is 23.7 Å². The lowest BCUT2D eigenvalue weighted by atomic mass is 9.67. The van der Waals surface area contributed by atoms with Gasteiger partial charge in [-0.15, -0.1) is 5.69 Å². The Bertz CT molecular complexity index is 2940. The first-order chi connectivity index (χ1) is 34.5. The highest BCUT2D eigenvalue weighted by molar-refractivity contribution is 6.05. The van der Waals surface area contributed by atoms with E-state index in [1.54, 1.807) is 30.5 Å². The van der Waals surface area contributed by atoms with Gasteiger partial charge in [0.1, 0.15) is 11.5 Å². The SMILES string of the molecule is O=C1CCc2cc(c(O)c(OC3CCCC3)c2)Cc2ccc(CC(O)Cc3ccccc3)c(c2)Cc2cc[nH]c2[N-]CC2=Cc3[n-]ccc3C(CC3(O)C=Cc4c(O)cccc4CC3)C2C(=O)C1CCO.